The number of benzene rings is 2. The van der Waals surface area contributed by atoms with Crippen LogP contribution in [0.3, 0.4) is 0 Å². The Morgan fingerprint density at radius 2 is 1.73 bits per heavy atom. The molecule has 2 heterocycles. The van der Waals surface area contributed by atoms with Gasteiger partial charge in [0.1, 0.15) is 23.0 Å². The number of oxime groups is 1. The Kier molecular flexibility index (Phi) is 8.51. The molecule has 3 aromatic rings. The number of halogens is 3. The zero-order chi connectivity index (χ0) is 28.9. The van der Waals surface area contributed by atoms with Gasteiger partial charge in [0.15, 0.2) is 6.10 Å². The van der Waals surface area contributed by atoms with Gasteiger partial charge in [0.25, 0.3) is 0 Å². The average Bonchev–Trinajstić information content (AvgIpc) is 3.43. The van der Waals surface area contributed by atoms with Gasteiger partial charge in [-0.25, -0.2) is 14.8 Å². The van der Waals surface area contributed by atoms with Crippen molar-refractivity contribution in [3.8, 4) is 11.5 Å². The molecule has 4 rings (SSSR count). The molecule has 0 spiro atoms. The minimum atomic E-state index is -5.32. The average molecular weight is 559 g/mol. The van der Waals surface area contributed by atoms with Crippen molar-refractivity contribution < 1.29 is 41.9 Å². The lowest BCUT2D eigenvalue weighted by Gasteiger charge is -2.22. The molecule has 2 aromatic carbocycles. The third-order valence-electron chi connectivity index (χ3n) is 5.71. The van der Waals surface area contributed by atoms with E-state index in [9.17, 15) is 22.8 Å². The van der Waals surface area contributed by atoms with Gasteiger partial charge < -0.3 is 19.1 Å². The Balaban J connectivity index is 1.55. The zero-order valence-corrected chi connectivity index (χ0v) is 21.8. The normalized spacial score (nSPS) is 14.7. The molecule has 0 saturated carbocycles. The monoisotopic (exact) mass is 558 g/mol. The largest absolute Gasteiger partial charge is 0.497 e. The van der Waals surface area contributed by atoms with Crippen LogP contribution >= 0.6 is 0 Å². The molecule has 1 aliphatic rings. The Hall–Kier alpha value is -4.68. The summed E-state index contributed by atoms with van der Waals surface area (Å²) in [5.74, 6) is -2.26. The smallest absolute Gasteiger partial charge is 0.493 e. The van der Waals surface area contributed by atoms with Crippen LogP contribution in [-0.4, -0.2) is 52.5 Å². The fraction of sp³-hybridized carbons (Fsp3) is 0.296. The van der Waals surface area contributed by atoms with Gasteiger partial charge in [0.05, 0.1) is 31.7 Å². The van der Waals surface area contributed by atoms with E-state index in [4.69, 9.17) is 14.3 Å². The summed E-state index contributed by atoms with van der Waals surface area (Å²) in [6, 6.07) is 14.7. The quantitative estimate of drug-likeness (QED) is 0.365. The molecule has 210 valence electrons. The summed E-state index contributed by atoms with van der Waals surface area (Å²) < 4.78 is 49.5. The van der Waals surface area contributed by atoms with Crippen LogP contribution in [-0.2, 0) is 21.0 Å². The highest BCUT2D eigenvalue weighted by molar-refractivity contribution is 6.01. The standard InChI is InChI=1S/C27H25F3N4O6/c1-4-38-20-11-7-18(8-12-20)21-14-24(39-33-21)22-13-23(32-16(2)31-22)25(35)34(40-26(36)27(28,29)30)15-17-5-9-19(37-3)10-6-17/h5-13,24H,4,14-15H2,1-3H3. The van der Waals surface area contributed by atoms with Gasteiger partial charge in [-0.3, -0.25) is 4.79 Å². The lowest BCUT2D eigenvalue weighted by Crippen LogP contribution is -2.38. The Morgan fingerprint density at radius 3 is 2.35 bits per heavy atom. The van der Waals surface area contributed by atoms with E-state index in [1.165, 1.54) is 32.2 Å². The first-order valence-electron chi connectivity index (χ1n) is 12.1. The van der Waals surface area contributed by atoms with E-state index < -0.39 is 30.7 Å². The Bertz CT molecular complexity index is 1390. The number of alkyl halides is 3. The summed E-state index contributed by atoms with van der Waals surface area (Å²) in [5, 5.41) is 4.44. The molecule has 0 bridgehead atoms. The van der Waals surface area contributed by atoms with Crippen molar-refractivity contribution in [2.45, 2.75) is 39.1 Å². The molecule has 10 nitrogen and oxygen atoms in total. The summed E-state index contributed by atoms with van der Waals surface area (Å²) in [4.78, 5) is 43.4. The fourth-order valence-corrected chi connectivity index (χ4v) is 3.80. The van der Waals surface area contributed by atoms with Crippen LogP contribution in [0.4, 0.5) is 13.2 Å². The van der Waals surface area contributed by atoms with Gasteiger partial charge in [-0.1, -0.05) is 17.3 Å². The summed E-state index contributed by atoms with van der Waals surface area (Å²) in [6.07, 6.45) is -5.68. The number of aromatic nitrogens is 2. The summed E-state index contributed by atoms with van der Waals surface area (Å²) in [7, 11) is 1.45. The lowest BCUT2D eigenvalue weighted by atomic mass is 10.0. The van der Waals surface area contributed by atoms with Crippen molar-refractivity contribution in [2.24, 2.45) is 5.16 Å². The number of carbonyl (C=O) groups is 2. The summed E-state index contributed by atoms with van der Waals surface area (Å²) in [5.41, 5.74) is 1.81. The highest BCUT2D eigenvalue weighted by Crippen LogP contribution is 2.30. The van der Waals surface area contributed by atoms with Crippen molar-refractivity contribution >= 4 is 17.6 Å². The third-order valence-corrected chi connectivity index (χ3v) is 5.71. The molecule has 0 fully saturated rings. The molecular weight excluding hydrogens is 533 g/mol. The molecule has 13 heteroatoms. The fourth-order valence-electron chi connectivity index (χ4n) is 3.80. The van der Waals surface area contributed by atoms with E-state index in [0.717, 1.165) is 5.56 Å². The second-order valence-electron chi connectivity index (χ2n) is 8.59. The van der Waals surface area contributed by atoms with Gasteiger partial charge in [-0.2, -0.15) is 18.2 Å². The Labute approximate surface area is 227 Å². The minimum Gasteiger partial charge on any atom is -0.497 e. The van der Waals surface area contributed by atoms with Crippen molar-refractivity contribution in [1.82, 2.24) is 15.0 Å². The van der Waals surface area contributed by atoms with E-state index in [1.807, 2.05) is 19.1 Å². The van der Waals surface area contributed by atoms with Gasteiger partial charge >= 0.3 is 18.1 Å². The minimum absolute atomic E-state index is 0.158. The Morgan fingerprint density at radius 1 is 1.05 bits per heavy atom. The molecule has 1 atom stereocenters. The van der Waals surface area contributed by atoms with Crippen LogP contribution in [0.2, 0.25) is 0 Å². The molecule has 1 aromatic heterocycles. The van der Waals surface area contributed by atoms with Crippen molar-refractivity contribution in [3.05, 3.63) is 82.9 Å². The van der Waals surface area contributed by atoms with E-state index >= 15 is 0 Å². The van der Waals surface area contributed by atoms with E-state index in [0.29, 0.717) is 40.9 Å². The number of amides is 1. The van der Waals surface area contributed by atoms with Crippen LogP contribution < -0.4 is 9.47 Å². The molecule has 1 aliphatic heterocycles. The first-order chi connectivity index (χ1) is 19.1. The van der Waals surface area contributed by atoms with Crippen molar-refractivity contribution in [1.29, 1.82) is 0 Å². The molecule has 0 saturated heterocycles. The van der Waals surface area contributed by atoms with Gasteiger partial charge in [-0.15, -0.1) is 0 Å². The van der Waals surface area contributed by atoms with Crippen LogP contribution in [0.25, 0.3) is 0 Å². The number of hydrogen-bond acceptors (Lipinski definition) is 9. The van der Waals surface area contributed by atoms with E-state index in [-0.39, 0.29) is 17.2 Å². The highest BCUT2D eigenvalue weighted by atomic mass is 19.4. The van der Waals surface area contributed by atoms with Gasteiger partial charge in [-0.05, 0) is 67.4 Å². The molecule has 0 N–H and O–H groups in total. The highest BCUT2D eigenvalue weighted by Gasteiger charge is 2.43. The summed E-state index contributed by atoms with van der Waals surface area (Å²) in [6.45, 7) is 3.45. The SMILES string of the molecule is CCOc1ccc(C2=NOC(c3cc(C(=O)N(Cc4ccc(OC)cc4)OC(=O)C(F)(F)F)nc(C)n3)C2)cc1. The number of hydrogen-bond donors (Lipinski definition) is 0. The van der Waals surface area contributed by atoms with Crippen LogP contribution in [0, 0.1) is 6.92 Å². The number of hydroxylamine groups is 2. The van der Waals surface area contributed by atoms with Crippen molar-refractivity contribution in [3.63, 3.8) is 0 Å². The van der Waals surface area contributed by atoms with E-state index in [1.54, 1.807) is 24.3 Å². The van der Waals surface area contributed by atoms with Gasteiger partial charge in [0.2, 0.25) is 0 Å². The molecule has 1 amide bonds. The lowest BCUT2D eigenvalue weighted by molar-refractivity contribution is -0.230. The number of nitrogens with zero attached hydrogens (tertiary/aromatic N) is 4. The second-order valence-corrected chi connectivity index (χ2v) is 8.59. The third kappa shape index (κ3) is 6.84. The number of ether oxygens (including phenoxy) is 2. The number of aryl methyl sites for hydroxylation is 1. The topological polar surface area (TPSA) is 112 Å². The predicted molar refractivity (Wildman–Crippen MR) is 134 cm³/mol. The maximum atomic E-state index is 13.3. The first kappa shape index (κ1) is 28.3. The number of methoxy groups -OCH3 is 1. The van der Waals surface area contributed by atoms with E-state index in [2.05, 4.69) is 20.0 Å². The van der Waals surface area contributed by atoms with Crippen LogP contribution in [0.5, 0.6) is 11.5 Å². The molecule has 40 heavy (non-hydrogen) atoms. The first-order valence-corrected chi connectivity index (χ1v) is 12.1. The molecule has 1 unspecified atom stereocenters. The maximum absolute atomic E-state index is 13.3. The van der Waals surface area contributed by atoms with Crippen LogP contribution in [0.1, 0.15) is 52.6 Å². The second kappa shape index (κ2) is 12.0. The molecular formula is C27H25F3N4O6. The zero-order valence-electron chi connectivity index (χ0n) is 21.8. The maximum Gasteiger partial charge on any atom is 0.493 e. The van der Waals surface area contributed by atoms with Crippen molar-refractivity contribution in [2.75, 3.05) is 13.7 Å². The summed E-state index contributed by atoms with van der Waals surface area (Å²) >= 11 is 0. The molecule has 0 radical (unpaired) electrons. The van der Waals surface area contributed by atoms with Gasteiger partial charge in [0, 0.05) is 6.42 Å². The molecule has 0 aliphatic carbocycles. The number of rotatable bonds is 8. The predicted octanol–water partition coefficient (Wildman–Crippen LogP) is 4.72. The number of carbonyl (C=O) groups excluding carboxylic acids is 2. The van der Waals surface area contributed by atoms with Crippen LogP contribution in [0.15, 0.2) is 59.8 Å².